The van der Waals surface area contributed by atoms with E-state index >= 15 is 0 Å². The van der Waals surface area contributed by atoms with Crippen molar-refractivity contribution in [3.05, 3.63) is 59.3 Å². The minimum Gasteiger partial charge on any atom is -0.493 e. The molecule has 1 aromatic heterocycles. The number of allylic oxidation sites excluding steroid dienone is 1. The van der Waals surface area contributed by atoms with Gasteiger partial charge in [-0.3, -0.25) is 4.79 Å². The fraction of sp³-hybridized carbons (Fsp3) is 0.370. The van der Waals surface area contributed by atoms with Crippen LogP contribution in [-0.2, 0) is 4.79 Å². The summed E-state index contributed by atoms with van der Waals surface area (Å²) in [5.41, 5.74) is 4.55. The number of amides is 1. The van der Waals surface area contributed by atoms with Crippen LogP contribution in [-0.4, -0.2) is 30.5 Å². The zero-order valence-electron chi connectivity index (χ0n) is 19.2. The lowest BCUT2D eigenvalue weighted by Gasteiger charge is -2.34. The van der Waals surface area contributed by atoms with Crippen LogP contribution in [0.25, 0.3) is 27.7 Å². The van der Waals surface area contributed by atoms with Crippen LogP contribution in [0.4, 0.5) is 0 Å². The summed E-state index contributed by atoms with van der Waals surface area (Å²) in [6, 6.07) is 11.7. The number of nitrogens with zero attached hydrogens (tertiary/aromatic N) is 1. The van der Waals surface area contributed by atoms with Crippen molar-refractivity contribution in [2.45, 2.75) is 34.1 Å². The molecule has 2 aromatic carbocycles. The van der Waals surface area contributed by atoms with E-state index in [9.17, 15) is 4.79 Å². The van der Waals surface area contributed by atoms with Crippen molar-refractivity contribution >= 4 is 34.1 Å². The van der Waals surface area contributed by atoms with Gasteiger partial charge in [-0.2, -0.15) is 0 Å². The third kappa shape index (κ3) is 4.71. The molecule has 2 heterocycles. The highest BCUT2D eigenvalue weighted by Crippen LogP contribution is 2.38. The molecular formula is C27H30ClNO3. The summed E-state index contributed by atoms with van der Waals surface area (Å²) in [7, 11) is 0. The predicted molar refractivity (Wildman–Crippen MR) is 131 cm³/mol. The Morgan fingerprint density at radius 2 is 1.88 bits per heavy atom. The normalized spacial score (nSPS) is 19.4. The van der Waals surface area contributed by atoms with E-state index in [1.165, 1.54) is 6.42 Å². The molecule has 4 rings (SSSR count). The van der Waals surface area contributed by atoms with Crippen molar-refractivity contribution in [1.82, 2.24) is 4.90 Å². The summed E-state index contributed by atoms with van der Waals surface area (Å²) in [5.74, 6) is 1.84. The van der Waals surface area contributed by atoms with Crippen molar-refractivity contribution in [3.63, 3.8) is 0 Å². The van der Waals surface area contributed by atoms with Gasteiger partial charge in [-0.15, -0.1) is 0 Å². The van der Waals surface area contributed by atoms with Crippen LogP contribution in [0.15, 0.2) is 53.2 Å². The minimum atomic E-state index is 0.0635. The van der Waals surface area contributed by atoms with E-state index in [0.717, 1.165) is 52.1 Å². The molecule has 1 fully saturated rings. The lowest BCUT2D eigenvalue weighted by atomic mass is 9.91. The second-order valence-corrected chi connectivity index (χ2v) is 9.39. The van der Waals surface area contributed by atoms with Gasteiger partial charge < -0.3 is 14.1 Å². The molecule has 4 nitrogen and oxygen atoms in total. The van der Waals surface area contributed by atoms with Gasteiger partial charge in [0.05, 0.1) is 12.9 Å². The summed E-state index contributed by atoms with van der Waals surface area (Å²) in [6.45, 7) is 10.5. The van der Waals surface area contributed by atoms with Gasteiger partial charge in [-0.05, 0) is 61.4 Å². The van der Waals surface area contributed by atoms with Crippen molar-refractivity contribution in [3.8, 4) is 16.9 Å². The number of likely N-dealkylation sites (tertiary alicyclic amines) is 1. The molecule has 5 heteroatoms. The summed E-state index contributed by atoms with van der Waals surface area (Å²) in [4.78, 5) is 15.0. The molecule has 3 aromatic rings. The number of hydrogen-bond acceptors (Lipinski definition) is 3. The zero-order chi connectivity index (χ0) is 22.8. The van der Waals surface area contributed by atoms with Gasteiger partial charge in [0.1, 0.15) is 11.3 Å². The molecule has 0 aliphatic carbocycles. The van der Waals surface area contributed by atoms with Crippen LogP contribution in [0.3, 0.4) is 0 Å². The Kier molecular flexibility index (Phi) is 6.61. The molecule has 0 spiro atoms. The van der Waals surface area contributed by atoms with Gasteiger partial charge >= 0.3 is 0 Å². The Balaban J connectivity index is 1.73. The van der Waals surface area contributed by atoms with Gasteiger partial charge in [0, 0.05) is 46.8 Å². The molecule has 2 unspecified atom stereocenters. The number of benzene rings is 2. The van der Waals surface area contributed by atoms with E-state index in [1.807, 2.05) is 49.1 Å². The third-order valence-corrected chi connectivity index (χ3v) is 6.33. The van der Waals surface area contributed by atoms with Crippen molar-refractivity contribution in [2.75, 3.05) is 19.7 Å². The topological polar surface area (TPSA) is 42.7 Å². The molecule has 1 aliphatic rings. The summed E-state index contributed by atoms with van der Waals surface area (Å²) < 4.78 is 11.8. The second kappa shape index (κ2) is 9.41. The first-order valence-electron chi connectivity index (χ1n) is 11.3. The van der Waals surface area contributed by atoms with Crippen LogP contribution in [0.1, 0.15) is 39.7 Å². The lowest BCUT2D eigenvalue weighted by molar-refractivity contribution is -0.128. The molecule has 32 heavy (non-hydrogen) atoms. The smallest absolute Gasteiger partial charge is 0.246 e. The maximum absolute atomic E-state index is 13.1. The zero-order valence-corrected chi connectivity index (χ0v) is 19.9. The molecular weight excluding hydrogens is 422 g/mol. The number of hydrogen-bond donors (Lipinski definition) is 0. The number of rotatable bonds is 5. The van der Waals surface area contributed by atoms with Gasteiger partial charge in [-0.25, -0.2) is 0 Å². The van der Waals surface area contributed by atoms with Crippen LogP contribution >= 0.6 is 11.6 Å². The molecule has 0 N–H and O–H groups in total. The molecule has 0 bridgehead atoms. The fourth-order valence-electron chi connectivity index (χ4n) is 4.69. The number of furan rings is 1. The van der Waals surface area contributed by atoms with E-state index < -0.39 is 0 Å². The van der Waals surface area contributed by atoms with E-state index in [4.69, 9.17) is 20.8 Å². The van der Waals surface area contributed by atoms with Crippen LogP contribution < -0.4 is 4.74 Å². The van der Waals surface area contributed by atoms with E-state index in [0.29, 0.717) is 23.5 Å². The summed E-state index contributed by atoms with van der Waals surface area (Å²) in [5, 5.41) is 1.67. The largest absolute Gasteiger partial charge is 0.493 e. The van der Waals surface area contributed by atoms with Crippen molar-refractivity contribution in [2.24, 2.45) is 11.8 Å². The highest BCUT2D eigenvalue weighted by molar-refractivity contribution is 6.30. The summed E-state index contributed by atoms with van der Waals surface area (Å²) in [6.07, 6.45) is 4.68. The molecule has 0 radical (unpaired) electrons. The standard InChI is InChI=1S/C27H30ClNO3/c1-5-31-25-13-26-23(24(16-32-26)20-6-8-21(28)9-7-20)12-22(25)19(4)11-27(30)29-14-17(2)10-18(3)15-29/h6-9,11-13,16-18H,5,10,14-15H2,1-4H3/b19-11+. The Morgan fingerprint density at radius 3 is 2.53 bits per heavy atom. The molecule has 2 atom stereocenters. The first-order chi connectivity index (χ1) is 15.4. The van der Waals surface area contributed by atoms with Crippen molar-refractivity contribution in [1.29, 1.82) is 0 Å². The molecule has 1 saturated heterocycles. The second-order valence-electron chi connectivity index (χ2n) is 8.95. The maximum atomic E-state index is 13.1. The van der Waals surface area contributed by atoms with Gasteiger partial charge in [0.15, 0.2) is 0 Å². The highest BCUT2D eigenvalue weighted by atomic mass is 35.5. The molecule has 1 aliphatic heterocycles. The maximum Gasteiger partial charge on any atom is 0.246 e. The monoisotopic (exact) mass is 451 g/mol. The van der Waals surface area contributed by atoms with Gasteiger partial charge in [0.2, 0.25) is 5.91 Å². The van der Waals surface area contributed by atoms with E-state index in [-0.39, 0.29) is 5.91 Å². The third-order valence-electron chi connectivity index (χ3n) is 6.08. The number of carbonyl (C=O) groups excluding carboxylic acids is 1. The minimum absolute atomic E-state index is 0.0635. The Morgan fingerprint density at radius 1 is 1.19 bits per heavy atom. The summed E-state index contributed by atoms with van der Waals surface area (Å²) >= 11 is 6.06. The first-order valence-corrected chi connectivity index (χ1v) is 11.6. The van der Waals surface area contributed by atoms with E-state index in [1.54, 1.807) is 12.3 Å². The van der Waals surface area contributed by atoms with Gasteiger partial charge in [0.25, 0.3) is 0 Å². The van der Waals surface area contributed by atoms with Crippen molar-refractivity contribution < 1.29 is 13.9 Å². The molecule has 0 saturated carbocycles. The Bertz CT molecular complexity index is 1140. The SMILES string of the molecule is CCOc1cc2occ(-c3ccc(Cl)cc3)c2cc1/C(C)=C/C(=O)N1CC(C)CC(C)C1. The average molecular weight is 452 g/mol. The predicted octanol–water partition coefficient (Wildman–Crippen LogP) is 7.06. The van der Waals surface area contributed by atoms with E-state index in [2.05, 4.69) is 19.9 Å². The average Bonchev–Trinajstić information content (AvgIpc) is 3.16. The first kappa shape index (κ1) is 22.5. The number of piperidine rings is 1. The van der Waals surface area contributed by atoms with Crippen LogP contribution in [0, 0.1) is 11.8 Å². The molecule has 168 valence electrons. The number of halogens is 1. The number of ether oxygens (including phenoxy) is 1. The molecule has 1 amide bonds. The fourth-order valence-corrected chi connectivity index (χ4v) is 4.81. The lowest BCUT2D eigenvalue weighted by Crippen LogP contribution is -2.41. The Labute approximate surface area is 194 Å². The van der Waals surface area contributed by atoms with Crippen LogP contribution in [0.5, 0.6) is 5.75 Å². The van der Waals surface area contributed by atoms with Gasteiger partial charge in [-0.1, -0.05) is 37.6 Å². The quantitative estimate of drug-likeness (QED) is 0.390. The Hall–Kier alpha value is -2.72. The number of fused-ring (bicyclic) bond motifs is 1. The number of carbonyl (C=O) groups is 1. The highest BCUT2D eigenvalue weighted by Gasteiger charge is 2.25. The van der Waals surface area contributed by atoms with Crippen LogP contribution in [0.2, 0.25) is 5.02 Å².